The van der Waals surface area contributed by atoms with Gasteiger partial charge >= 0.3 is 5.97 Å². The molecule has 0 fully saturated rings. The van der Waals surface area contributed by atoms with Gasteiger partial charge in [-0.2, -0.15) is 5.10 Å². The highest BCUT2D eigenvalue weighted by Gasteiger charge is 2.22. The van der Waals surface area contributed by atoms with E-state index >= 15 is 0 Å². The zero-order chi connectivity index (χ0) is 14.0. The van der Waals surface area contributed by atoms with Gasteiger partial charge in [-0.15, -0.1) is 0 Å². The maximum absolute atomic E-state index is 11.2. The normalized spacial score (nSPS) is 10.7. The second kappa shape index (κ2) is 5.61. The molecule has 2 aromatic rings. The number of nitrogens with zero attached hydrogens (tertiary/aromatic N) is 2. The number of halogens is 2. The van der Waals surface area contributed by atoms with E-state index in [0.29, 0.717) is 10.7 Å². The standard InChI is InChI=1S/C12H10Cl2N2O3/c1-19-6-9-10(12(17)18)11(14)16(15-9)8-4-2-7(13)3-5-8/h2-5H,6H2,1H3,(H,17,18). The van der Waals surface area contributed by atoms with Crippen LogP contribution in [0.25, 0.3) is 5.69 Å². The number of hydrogen-bond donors (Lipinski definition) is 1. The van der Waals surface area contributed by atoms with Crippen LogP contribution in [-0.2, 0) is 11.3 Å². The fourth-order valence-electron chi connectivity index (χ4n) is 1.64. The molecule has 1 aromatic heterocycles. The van der Waals surface area contributed by atoms with Crippen LogP contribution in [0.5, 0.6) is 0 Å². The van der Waals surface area contributed by atoms with Gasteiger partial charge in [0.25, 0.3) is 0 Å². The van der Waals surface area contributed by atoms with Crippen LogP contribution in [0.4, 0.5) is 0 Å². The highest BCUT2D eigenvalue weighted by Crippen LogP contribution is 2.25. The Labute approximate surface area is 119 Å². The molecule has 0 aliphatic heterocycles. The lowest BCUT2D eigenvalue weighted by Crippen LogP contribution is -2.01. The van der Waals surface area contributed by atoms with E-state index in [9.17, 15) is 4.79 Å². The molecule has 0 spiro atoms. The van der Waals surface area contributed by atoms with Gasteiger partial charge < -0.3 is 9.84 Å². The minimum Gasteiger partial charge on any atom is -0.478 e. The molecule has 1 aromatic carbocycles. The zero-order valence-electron chi connectivity index (χ0n) is 9.93. The number of carboxylic acids is 1. The highest BCUT2D eigenvalue weighted by atomic mass is 35.5. The van der Waals surface area contributed by atoms with Crippen molar-refractivity contribution in [1.82, 2.24) is 9.78 Å². The number of aromatic nitrogens is 2. The third-order valence-electron chi connectivity index (χ3n) is 2.47. The van der Waals surface area contributed by atoms with E-state index in [-0.39, 0.29) is 23.0 Å². The summed E-state index contributed by atoms with van der Waals surface area (Å²) in [6.45, 7) is 0.0714. The van der Waals surface area contributed by atoms with Crippen molar-refractivity contribution >= 4 is 29.2 Å². The molecular formula is C12H10Cl2N2O3. The number of carboxylic acid groups (broad SMARTS) is 1. The number of ether oxygens (including phenoxy) is 1. The van der Waals surface area contributed by atoms with Gasteiger partial charge in [0.1, 0.15) is 16.4 Å². The summed E-state index contributed by atoms with van der Waals surface area (Å²) in [7, 11) is 1.46. The van der Waals surface area contributed by atoms with Crippen LogP contribution >= 0.6 is 23.2 Å². The lowest BCUT2D eigenvalue weighted by Gasteiger charge is -2.02. The molecule has 0 atom stereocenters. The Kier molecular flexibility index (Phi) is 4.09. The molecule has 0 unspecified atom stereocenters. The molecule has 0 radical (unpaired) electrons. The van der Waals surface area contributed by atoms with E-state index in [1.54, 1.807) is 24.3 Å². The largest absolute Gasteiger partial charge is 0.478 e. The molecule has 100 valence electrons. The fraction of sp³-hybridized carbons (Fsp3) is 0.167. The Morgan fingerprint density at radius 3 is 2.53 bits per heavy atom. The molecule has 1 heterocycles. The number of aromatic carboxylic acids is 1. The summed E-state index contributed by atoms with van der Waals surface area (Å²) in [5.41, 5.74) is 0.840. The predicted molar refractivity (Wildman–Crippen MR) is 71.3 cm³/mol. The molecule has 0 saturated carbocycles. The van der Waals surface area contributed by atoms with Crippen LogP contribution in [0.1, 0.15) is 16.1 Å². The molecule has 0 aliphatic rings. The first kappa shape index (κ1) is 13.9. The topological polar surface area (TPSA) is 64.4 Å². The van der Waals surface area contributed by atoms with Gasteiger partial charge in [0.05, 0.1) is 12.3 Å². The monoisotopic (exact) mass is 300 g/mol. The van der Waals surface area contributed by atoms with Gasteiger partial charge in [0.2, 0.25) is 0 Å². The minimum atomic E-state index is -1.14. The molecule has 19 heavy (non-hydrogen) atoms. The average molecular weight is 301 g/mol. The number of methoxy groups -OCH3 is 1. The maximum atomic E-state index is 11.2. The summed E-state index contributed by atoms with van der Waals surface area (Å²) in [5, 5.41) is 13.9. The Bertz CT molecular complexity index is 608. The molecule has 7 heteroatoms. The lowest BCUT2D eigenvalue weighted by molar-refractivity contribution is 0.0692. The molecule has 0 amide bonds. The number of carbonyl (C=O) groups is 1. The Morgan fingerprint density at radius 2 is 2.00 bits per heavy atom. The number of hydrogen-bond acceptors (Lipinski definition) is 3. The van der Waals surface area contributed by atoms with Crippen molar-refractivity contribution in [3.8, 4) is 5.69 Å². The lowest BCUT2D eigenvalue weighted by atomic mass is 10.2. The summed E-state index contributed by atoms with van der Waals surface area (Å²) < 4.78 is 6.27. The van der Waals surface area contributed by atoms with E-state index in [0.717, 1.165) is 0 Å². The molecule has 0 saturated heterocycles. The van der Waals surface area contributed by atoms with Crippen LogP contribution in [0.2, 0.25) is 10.2 Å². The van der Waals surface area contributed by atoms with E-state index in [1.807, 2.05) is 0 Å². The van der Waals surface area contributed by atoms with Crippen molar-refractivity contribution in [2.24, 2.45) is 0 Å². The average Bonchev–Trinajstić information content (AvgIpc) is 2.68. The van der Waals surface area contributed by atoms with Crippen molar-refractivity contribution < 1.29 is 14.6 Å². The minimum absolute atomic E-state index is 0.0295. The van der Waals surface area contributed by atoms with Crippen molar-refractivity contribution in [1.29, 1.82) is 0 Å². The quantitative estimate of drug-likeness (QED) is 0.942. The van der Waals surface area contributed by atoms with Gasteiger partial charge in [-0.3, -0.25) is 0 Å². The fourth-order valence-corrected chi connectivity index (χ4v) is 2.09. The highest BCUT2D eigenvalue weighted by molar-refractivity contribution is 6.33. The van der Waals surface area contributed by atoms with Crippen LogP contribution in [0, 0.1) is 0 Å². The van der Waals surface area contributed by atoms with Gasteiger partial charge in [-0.05, 0) is 24.3 Å². The van der Waals surface area contributed by atoms with Crippen molar-refractivity contribution in [2.75, 3.05) is 7.11 Å². The van der Waals surface area contributed by atoms with Crippen LogP contribution < -0.4 is 0 Å². The van der Waals surface area contributed by atoms with Crippen LogP contribution in [0.3, 0.4) is 0 Å². The van der Waals surface area contributed by atoms with Crippen molar-refractivity contribution in [3.63, 3.8) is 0 Å². The van der Waals surface area contributed by atoms with Gasteiger partial charge in [0.15, 0.2) is 0 Å². The summed E-state index contributed by atoms with van der Waals surface area (Å²) in [5.74, 6) is -1.14. The second-order valence-corrected chi connectivity index (χ2v) is 4.53. The third kappa shape index (κ3) is 2.73. The molecule has 5 nitrogen and oxygen atoms in total. The maximum Gasteiger partial charge on any atom is 0.340 e. The van der Waals surface area contributed by atoms with Gasteiger partial charge in [-0.25, -0.2) is 9.48 Å². The first-order valence-electron chi connectivity index (χ1n) is 5.30. The summed E-state index contributed by atoms with van der Waals surface area (Å²) in [4.78, 5) is 11.2. The predicted octanol–water partition coefficient (Wildman–Crippen LogP) is 3.02. The molecule has 1 N–H and O–H groups in total. The van der Waals surface area contributed by atoms with Crippen molar-refractivity contribution in [3.05, 3.63) is 45.7 Å². The van der Waals surface area contributed by atoms with E-state index in [1.165, 1.54) is 11.8 Å². The summed E-state index contributed by atoms with van der Waals surface area (Å²) in [6.07, 6.45) is 0. The molecule has 2 rings (SSSR count). The van der Waals surface area contributed by atoms with E-state index in [2.05, 4.69) is 5.10 Å². The molecular weight excluding hydrogens is 291 g/mol. The second-order valence-electron chi connectivity index (χ2n) is 3.74. The van der Waals surface area contributed by atoms with E-state index < -0.39 is 5.97 Å². The number of benzene rings is 1. The Hall–Kier alpha value is -1.56. The first-order chi connectivity index (χ1) is 9.04. The van der Waals surface area contributed by atoms with E-state index in [4.69, 9.17) is 33.0 Å². The van der Waals surface area contributed by atoms with Gasteiger partial charge in [0, 0.05) is 12.1 Å². The SMILES string of the molecule is COCc1nn(-c2ccc(Cl)cc2)c(Cl)c1C(=O)O. The van der Waals surface area contributed by atoms with Crippen molar-refractivity contribution in [2.45, 2.75) is 6.61 Å². The molecule has 0 aliphatic carbocycles. The third-order valence-corrected chi connectivity index (χ3v) is 3.07. The molecule has 0 bridgehead atoms. The van der Waals surface area contributed by atoms with Crippen LogP contribution in [-0.4, -0.2) is 28.0 Å². The Morgan fingerprint density at radius 1 is 1.37 bits per heavy atom. The van der Waals surface area contributed by atoms with Gasteiger partial charge in [-0.1, -0.05) is 23.2 Å². The van der Waals surface area contributed by atoms with Crippen LogP contribution in [0.15, 0.2) is 24.3 Å². The number of rotatable bonds is 4. The summed E-state index contributed by atoms with van der Waals surface area (Å²) in [6, 6.07) is 6.74. The smallest absolute Gasteiger partial charge is 0.340 e. The Balaban J connectivity index is 2.55. The zero-order valence-corrected chi connectivity index (χ0v) is 11.4. The first-order valence-corrected chi connectivity index (χ1v) is 6.05. The summed E-state index contributed by atoms with van der Waals surface area (Å²) >= 11 is 11.9.